The number of amides is 5. The molecular weight excluding hydrogens is 775 g/mol. The highest BCUT2D eigenvalue weighted by Crippen LogP contribution is 2.42. The molecule has 0 aromatic heterocycles. The molecule has 2 heterocycles. The lowest BCUT2D eigenvalue weighted by atomic mass is 9.94. The number of nitrogens with zero attached hydrogens (tertiary/aromatic N) is 2. The first-order valence-electron chi connectivity index (χ1n) is 24.0. The van der Waals surface area contributed by atoms with Gasteiger partial charge in [0.05, 0.1) is 11.8 Å². The fraction of sp³-hybridized carbons (Fsp3) is 0.558. The molecule has 3 aromatic carbocycles. The van der Waals surface area contributed by atoms with E-state index in [2.05, 4.69) is 47.1 Å². The molecule has 0 bridgehead atoms. The molecule has 10 nitrogen and oxygen atoms in total. The van der Waals surface area contributed by atoms with Crippen LogP contribution < -0.4 is 16.0 Å². The van der Waals surface area contributed by atoms with Gasteiger partial charge in [0.1, 0.15) is 0 Å². The van der Waals surface area contributed by atoms with Gasteiger partial charge in [-0.25, -0.2) is 0 Å². The highest BCUT2D eigenvalue weighted by Gasteiger charge is 2.49. The van der Waals surface area contributed by atoms with Crippen molar-refractivity contribution in [3.63, 3.8) is 0 Å². The molecule has 4 aliphatic rings. The van der Waals surface area contributed by atoms with Crippen molar-refractivity contribution >= 4 is 29.5 Å². The van der Waals surface area contributed by atoms with Crippen LogP contribution in [0.4, 0.5) is 0 Å². The fourth-order valence-electron chi connectivity index (χ4n) is 9.83. The second-order valence-corrected chi connectivity index (χ2v) is 18.5. The van der Waals surface area contributed by atoms with Gasteiger partial charge in [0.25, 0.3) is 11.8 Å². The van der Waals surface area contributed by atoms with Crippen molar-refractivity contribution in [1.82, 2.24) is 25.8 Å². The number of hydrogen-bond donors (Lipinski definition) is 3. The number of carbonyl (C=O) groups is 5. The molecular formula is C52H69N5O5. The third-order valence-corrected chi connectivity index (χ3v) is 13.8. The summed E-state index contributed by atoms with van der Waals surface area (Å²) in [6, 6.07) is 26.8. The van der Waals surface area contributed by atoms with Crippen molar-refractivity contribution < 1.29 is 24.0 Å². The first-order valence-corrected chi connectivity index (χ1v) is 24.0. The van der Waals surface area contributed by atoms with Crippen LogP contribution >= 0.6 is 0 Å². The Morgan fingerprint density at radius 3 is 1.55 bits per heavy atom. The Morgan fingerprint density at radius 1 is 0.581 bits per heavy atom. The minimum Gasteiger partial charge on any atom is -0.356 e. The summed E-state index contributed by atoms with van der Waals surface area (Å²) in [5.74, 6) is -1.69. The number of nitrogens with one attached hydrogen (secondary N) is 3. The van der Waals surface area contributed by atoms with E-state index in [0.29, 0.717) is 30.6 Å². The summed E-state index contributed by atoms with van der Waals surface area (Å²) in [4.78, 5) is 71.8. The van der Waals surface area contributed by atoms with Crippen LogP contribution in [0.2, 0.25) is 0 Å². The Bertz CT molecular complexity index is 1860. The summed E-state index contributed by atoms with van der Waals surface area (Å²) in [7, 11) is 0. The zero-order chi connectivity index (χ0) is 43.3. The molecule has 2 saturated carbocycles. The van der Waals surface area contributed by atoms with Crippen LogP contribution in [0, 0.1) is 11.8 Å². The van der Waals surface area contributed by atoms with Crippen LogP contribution in [0.5, 0.6) is 0 Å². The minimum absolute atomic E-state index is 0.00277. The monoisotopic (exact) mass is 844 g/mol. The number of carbonyl (C=O) groups excluding carboxylic acids is 5. The van der Waals surface area contributed by atoms with Crippen LogP contribution in [-0.2, 0) is 14.4 Å². The fourth-order valence-corrected chi connectivity index (χ4v) is 9.83. The van der Waals surface area contributed by atoms with Crippen molar-refractivity contribution in [3.05, 3.63) is 107 Å². The number of benzene rings is 3. The summed E-state index contributed by atoms with van der Waals surface area (Å²) in [6.45, 7) is 3.79. The van der Waals surface area contributed by atoms with Crippen LogP contribution in [0.15, 0.2) is 84.9 Å². The quantitative estimate of drug-likeness (QED) is 0.0826. The van der Waals surface area contributed by atoms with Crippen molar-refractivity contribution in [2.75, 3.05) is 26.2 Å². The minimum atomic E-state index is -0.681. The van der Waals surface area contributed by atoms with Crippen LogP contribution in [0.25, 0.3) is 0 Å². The molecule has 4 fully saturated rings. The van der Waals surface area contributed by atoms with E-state index >= 15 is 0 Å². The van der Waals surface area contributed by atoms with Gasteiger partial charge in [0, 0.05) is 73.7 Å². The van der Waals surface area contributed by atoms with Crippen molar-refractivity contribution in [2.45, 2.75) is 146 Å². The van der Waals surface area contributed by atoms with E-state index in [9.17, 15) is 24.0 Å². The van der Waals surface area contributed by atoms with Gasteiger partial charge in [0.15, 0.2) is 0 Å². The summed E-state index contributed by atoms with van der Waals surface area (Å²) in [6.07, 6.45) is 18.9. The first kappa shape index (κ1) is 45.0. The van der Waals surface area contributed by atoms with Gasteiger partial charge in [-0.3, -0.25) is 24.0 Å². The van der Waals surface area contributed by atoms with E-state index in [1.165, 1.54) is 75.3 Å². The molecule has 332 valence electrons. The average molecular weight is 844 g/mol. The van der Waals surface area contributed by atoms with Gasteiger partial charge in [-0.2, -0.15) is 0 Å². The third kappa shape index (κ3) is 12.3. The predicted molar refractivity (Wildman–Crippen MR) is 244 cm³/mol. The maximum Gasteiger partial charge on any atom is 0.254 e. The first-order chi connectivity index (χ1) is 30.3. The summed E-state index contributed by atoms with van der Waals surface area (Å²) in [5.41, 5.74) is 3.23. The summed E-state index contributed by atoms with van der Waals surface area (Å²) in [5, 5.41) is 9.48. The lowest BCUT2D eigenvalue weighted by Crippen LogP contribution is -2.43. The maximum absolute atomic E-state index is 14.0. The van der Waals surface area contributed by atoms with Crippen LogP contribution in [-0.4, -0.2) is 83.6 Å². The molecule has 5 amide bonds. The lowest BCUT2D eigenvalue weighted by molar-refractivity contribution is -0.133. The second-order valence-electron chi connectivity index (χ2n) is 18.5. The Morgan fingerprint density at radius 2 is 1.05 bits per heavy atom. The third-order valence-electron chi connectivity index (χ3n) is 13.8. The van der Waals surface area contributed by atoms with E-state index in [4.69, 9.17) is 0 Å². The highest BCUT2D eigenvalue weighted by atomic mass is 16.2. The molecule has 0 spiro atoms. The number of likely N-dealkylation sites (tertiary alicyclic amines) is 2. The molecule has 7 atom stereocenters. The van der Waals surface area contributed by atoms with E-state index in [1.54, 1.807) is 34.1 Å². The van der Waals surface area contributed by atoms with Crippen LogP contribution in [0.3, 0.4) is 0 Å². The Kier molecular flexibility index (Phi) is 16.3. The zero-order valence-electron chi connectivity index (χ0n) is 36.9. The molecule has 7 rings (SSSR count). The summed E-state index contributed by atoms with van der Waals surface area (Å²) < 4.78 is 0. The van der Waals surface area contributed by atoms with Gasteiger partial charge in [-0.15, -0.1) is 0 Å². The van der Waals surface area contributed by atoms with Crippen molar-refractivity contribution in [2.24, 2.45) is 11.8 Å². The SMILES string of the molecule is CCCCCCCCCCCCCCNC(=O)C[C@@H]1CCCN1C(=O)c1ccc(C(=O)N2C[C@@H](C(=O)N[C@H]3C[C@@H]3c3ccccc3)[C@H](C(=O)N[C@H]3C[C@@H]3c3ccccc3)C2)cc1. The zero-order valence-corrected chi connectivity index (χ0v) is 36.9. The van der Waals surface area contributed by atoms with E-state index in [0.717, 1.165) is 38.5 Å². The normalized spacial score (nSPS) is 23.8. The topological polar surface area (TPSA) is 128 Å². The van der Waals surface area contributed by atoms with Crippen molar-refractivity contribution in [1.29, 1.82) is 0 Å². The van der Waals surface area contributed by atoms with E-state index < -0.39 is 11.8 Å². The van der Waals surface area contributed by atoms with Gasteiger partial charge in [-0.1, -0.05) is 138 Å². The largest absolute Gasteiger partial charge is 0.356 e. The maximum atomic E-state index is 14.0. The molecule has 2 aliphatic carbocycles. The Hall–Kier alpha value is -4.99. The van der Waals surface area contributed by atoms with E-state index in [1.807, 2.05) is 36.4 Å². The molecule has 2 saturated heterocycles. The summed E-state index contributed by atoms with van der Waals surface area (Å²) >= 11 is 0. The molecule has 62 heavy (non-hydrogen) atoms. The van der Waals surface area contributed by atoms with Gasteiger partial charge in [0.2, 0.25) is 17.7 Å². The second kappa shape index (κ2) is 22.4. The number of hydrogen-bond acceptors (Lipinski definition) is 5. The Labute approximate surface area is 369 Å². The van der Waals surface area contributed by atoms with Gasteiger partial charge in [-0.05, 0) is 67.5 Å². The smallest absolute Gasteiger partial charge is 0.254 e. The van der Waals surface area contributed by atoms with Crippen LogP contribution in [0.1, 0.15) is 160 Å². The standard InChI is InChI=1S/C52H69N5O5/c1-2-3-4-5-6-7-8-9-10-11-12-19-30-53-48(58)32-41-25-20-31-57(41)52(62)40-28-26-39(27-29-40)51(61)56-35-44(49(59)54-46-33-42(46)37-21-15-13-16-22-37)45(36-56)50(60)55-47-34-43(47)38-23-17-14-18-24-38/h13-18,21-24,26-29,41-47H,2-12,19-20,25,30-36H2,1H3,(H,53,58)(H,54,59)(H,55,60)/t41-,42+,43+,44+,45+,46-,47-/m0/s1. The molecule has 2 aliphatic heterocycles. The number of rotatable bonds is 23. The predicted octanol–water partition coefficient (Wildman–Crippen LogP) is 8.53. The lowest BCUT2D eigenvalue weighted by Gasteiger charge is -2.24. The van der Waals surface area contributed by atoms with Crippen molar-refractivity contribution in [3.8, 4) is 0 Å². The molecule has 0 unspecified atom stereocenters. The molecule has 0 radical (unpaired) electrons. The van der Waals surface area contributed by atoms with E-state index in [-0.39, 0.29) is 72.6 Å². The Balaban J connectivity index is 0.876. The molecule has 3 N–H and O–H groups in total. The highest BCUT2D eigenvalue weighted by molar-refractivity contribution is 5.99. The van der Waals surface area contributed by atoms with Gasteiger partial charge >= 0.3 is 0 Å². The van der Waals surface area contributed by atoms with Gasteiger partial charge < -0.3 is 25.8 Å². The molecule has 10 heteroatoms. The number of unbranched alkanes of at least 4 members (excludes halogenated alkanes) is 11. The molecule has 3 aromatic rings. The average Bonchev–Trinajstić information content (AvgIpc) is 4.14.